The number of carbonyl (C=O) groups is 1. The Morgan fingerprint density at radius 1 is 1.40 bits per heavy atom. The second kappa shape index (κ2) is 8.04. The van der Waals surface area contributed by atoms with Gasteiger partial charge < -0.3 is 4.74 Å². The molecule has 0 rings (SSSR count). The van der Waals surface area contributed by atoms with E-state index in [2.05, 4.69) is 19.6 Å². The molecule has 0 amide bonds. The van der Waals surface area contributed by atoms with Crippen LogP contribution in [0.1, 0.15) is 40.0 Å². The van der Waals surface area contributed by atoms with Gasteiger partial charge in [0.1, 0.15) is 5.76 Å². The molecule has 2 nitrogen and oxygen atoms in total. The van der Waals surface area contributed by atoms with E-state index in [0.717, 1.165) is 6.42 Å². The van der Waals surface area contributed by atoms with Crippen LogP contribution in [0.3, 0.4) is 0 Å². The number of hydrogen-bond donors (Lipinski definition) is 0. The molecule has 0 aromatic heterocycles. The first-order valence-corrected chi connectivity index (χ1v) is 5.30. The smallest absolute Gasteiger partial charge is 0.308 e. The van der Waals surface area contributed by atoms with Crippen LogP contribution in [-0.2, 0) is 9.53 Å². The maximum Gasteiger partial charge on any atom is 0.308 e. The summed E-state index contributed by atoms with van der Waals surface area (Å²) >= 11 is 0. The first-order valence-electron chi connectivity index (χ1n) is 5.30. The summed E-state index contributed by atoms with van der Waals surface area (Å²) in [6.45, 7) is 9.16. The normalized spacial score (nSPS) is 11.8. The number of hydrogen-bond acceptors (Lipinski definition) is 2. The summed E-state index contributed by atoms with van der Waals surface area (Å²) in [5, 5.41) is 0. The highest BCUT2D eigenvalue weighted by Crippen LogP contribution is 2.10. The highest BCUT2D eigenvalue weighted by Gasteiger charge is 1.95. The standard InChI is InChI=1S/C13H20O2/c1-5-7-8-13(6-2)10-9-11(3)15-12(4)14/h6,9-10H,3,5,7-8H2,1-2,4H3/b10-9-,13-6-. The lowest BCUT2D eigenvalue weighted by molar-refractivity contribution is -0.136. The van der Waals surface area contributed by atoms with E-state index in [-0.39, 0.29) is 5.97 Å². The van der Waals surface area contributed by atoms with Crippen molar-refractivity contribution in [3.63, 3.8) is 0 Å². The zero-order chi connectivity index (χ0) is 11.7. The van der Waals surface area contributed by atoms with Gasteiger partial charge in [0, 0.05) is 6.92 Å². The van der Waals surface area contributed by atoms with Gasteiger partial charge in [-0.15, -0.1) is 0 Å². The number of esters is 1. The molecule has 0 aliphatic carbocycles. The molecule has 0 fully saturated rings. The molecule has 15 heavy (non-hydrogen) atoms. The third-order valence-corrected chi connectivity index (χ3v) is 1.95. The fourth-order valence-corrected chi connectivity index (χ4v) is 1.12. The highest BCUT2D eigenvalue weighted by molar-refractivity contribution is 5.67. The minimum atomic E-state index is -0.333. The Morgan fingerprint density at radius 3 is 2.53 bits per heavy atom. The van der Waals surface area contributed by atoms with Crippen LogP contribution >= 0.6 is 0 Å². The van der Waals surface area contributed by atoms with Gasteiger partial charge in [-0.05, 0) is 25.8 Å². The molecule has 0 saturated carbocycles. The van der Waals surface area contributed by atoms with E-state index in [4.69, 9.17) is 4.74 Å². The van der Waals surface area contributed by atoms with Crippen LogP contribution < -0.4 is 0 Å². The molecule has 0 atom stereocenters. The molecule has 0 aliphatic rings. The van der Waals surface area contributed by atoms with Gasteiger partial charge in [-0.2, -0.15) is 0 Å². The molecule has 2 heteroatoms. The van der Waals surface area contributed by atoms with Crippen LogP contribution in [0.4, 0.5) is 0 Å². The van der Waals surface area contributed by atoms with Crippen molar-refractivity contribution in [2.24, 2.45) is 0 Å². The maximum absolute atomic E-state index is 10.6. The zero-order valence-electron chi connectivity index (χ0n) is 9.88. The van der Waals surface area contributed by atoms with Gasteiger partial charge in [0.05, 0.1) is 0 Å². The maximum atomic E-state index is 10.6. The molecule has 0 aliphatic heterocycles. The summed E-state index contributed by atoms with van der Waals surface area (Å²) < 4.78 is 4.80. The van der Waals surface area contributed by atoms with E-state index in [1.807, 2.05) is 13.0 Å². The summed E-state index contributed by atoms with van der Waals surface area (Å²) in [5.74, 6) is 0.0542. The Hall–Kier alpha value is -1.31. The lowest BCUT2D eigenvalue weighted by Crippen LogP contribution is -1.95. The Labute approximate surface area is 92.3 Å². The molecule has 0 radical (unpaired) electrons. The van der Waals surface area contributed by atoms with Crippen molar-refractivity contribution in [1.29, 1.82) is 0 Å². The van der Waals surface area contributed by atoms with E-state index in [0.29, 0.717) is 5.76 Å². The predicted octanol–water partition coefficient (Wildman–Crippen LogP) is 3.76. The van der Waals surface area contributed by atoms with E-state index in [9.17, 15) is 4.79 Å². The predicted molar refractivity (Wildman–Crippen MR) is 63.3 cm³/mol. The summed E-state index contributed by atoms with van der Waals surface area (Å²) in [7, 11) is 0. The number of allylic oxidation sites excluding steroid dienone is 4. The van der Waals surface area contributed by atoms with Gasteiger partial charge >= 0.3 is 5.97 Å². The Morgan fingerprint density at radius 2 is 2.07 bits per heavy atom. The van der Waals surface area contributed by atoms with Gasteiger partial charge in [-0.25, -0.2) is 0 Å². The molecule has 0 aromatic carbocycles. The monoisotopic (exact) mass is 208 g/mol. The third kappa shape index (κ3) is 7.74. The van der Waals surface area contributed by atoms with E-state index < -0.39 is 0 Å². The van der Waals surface area contributed by atoms with Gasteiger partial charge in [-0.3, -0.25) is 4.79 Å². The highest BCUT2D eigenvalue weighted by atomic mass is 16.5. The minimum absolute atomic E-state index is 0.333. The Kier molecular flexibility index (Phi) is 7.33. The van der Waals surface area contributed by atoms with Crippen molar-refractivity contribution in [1.82, 2.24) is 0 Å². The summed E-state index contributed by atoms with van der Waals surface area (Å²) in [5.41, 5.74) is 1.24. The molecule has 0 unspecified atom stereocenters. The van der Waals surface area contributed by atoms with Gasteiger partial charge in [0.15, 0.2) is 0 Å². The lowest BCUT2D eigenvalue weighted by atomic mass is 10.1. The van der Waals surface area contributed by atoms with Gasteiger partial charge in [-0.1, -0.05) is 37.6 Å². The van der Waals surface area contributed by atoms with Crippen molar-refractivity contribution in [2.75, 3.05) is 0 Å². The molecule has 0 N–H and O–H groups in total. The largest absolute Gasteiger partial charge is 0.427 e. The molecule has 84 valence electrons. The van der Waals surface area contributed by atoms with Crippen molar-refractivity contribution >= 4 is 5.97 Å². The van der Waals surface area contributed by atoms with Crippen LogP contribution in [0.2, 0.25) is 0 Å². The van der Waals surface area contributed by atoms with Crippen LogP contribution in [0, 0.1) is 0 Å². The summed E-state index contributed by atoms with van der Waals surface area (Å²) in [6, 6.07) is 0. The minimum Gasteiger partial charge on any atom is -0.427 e. The fraction of sp³-hybridized carbons (Fsp3) is 0.462. The summed E-state index contributed by atoms with van der Waals surface area (Å²) in [6.07, 6.45) is 9.14. The average Bonchev–Trinajstić information content (AvgIpc) is 2.17. The first-order chi connectivity index (χ1) is 7.10. The molecular weight excluding hydrogens is 188 g/mol. The number of unbranched alkanes of at least 4 members (excludes halogenated alkanes) is 1. The third-order valence-electron chi connectivity index (χ3n) is 1.95. The second-order valence-corrected chi connectivity index (χ2v) is 3.36. The van der Waals surface area contributed by atoms with Crippen LogP contribution in [0.15, 0.2) is 36.1 Å². The topological polar surface area (TPSA) is 26.3 Å². The first kappa shape index (κ1) is 13.7. The van der Waals surface area contributed by atoms with Crippen LogP contribution in [0.5, 0.6) is 0 Å². The molecule has 0 saturated heterocycles. The Bertz CT molecular complexity index is 272. The molecular formula is C13H20O2. The van der Waals surface area contributed by atoms with Crippen molar-refractivity contribution in [3.05, 3.63) is 36.1 Å². The molecule has 0 spiro atoms. The molecule has 0 heterocycles. The van der Waals surface area contributed by atoms with Crippen LogP contribution in [0.25, 0.3) is 0 Å². The van der Waals surface area contributed by atoms with E-state index in [1.165, 1.54) is 25.3 Å². The summed E-state index contributed by atoms with van der Waals surface area (Å²) in [4.78, 5) is 10.6. The quantitative estimate of drug-likeness (QED) is 0.377. The van der Waals surface area contributed by atoms with Crippen molar-refractivity contribution in [2.45, 2.75) is 40.0 Å². The second-order valence-electron chi connectivity index (χ2n) is 3.36. The fourth-order valence-electron chi connectivity index (χ4n) is 1.12. The Balaban J connectivity index is 4.11. The number of rotatable bonds is 6. The zero-order valence-corrected chi connectivity index (χ0v) is 9.88. The van der Waals surface area contributed by atoms with Crippen molar-refractivity contribution in [3.8, 4) is 0 Å². The number of ether oxygens (including phenoxy) is 1. The number of carbonyl (C=O) groups excluding carboxylic acids is 1. The van der Waals surface area contributed by atoms with Crippen LogP contribution in [-0.4, -0.2) is 5.97 Å². The van der Waals surface area contributed by atoms with Gasteiger partial charge in [0.2, 0.25) is 0 Å². The van der Waals surface area contributed by atoms with E-state index in [1.54, 1.807) is 6.08 Å². The molecule has 0 aromatic rings. The van der Waals surface area contributed by atoms with Gasteiger partial charge in [0.25, 0.3) is 0 Å². The SMILES string of the molecule is C=C(/C=C\C(=C/C)CCCC)OC(C)=O. The molecule has 0 bridgehead atoms. The lowest BCUT2D eigenvalue weighted by Gasteiger charge is -2.01. The van der Waals surface area contributed by atoms with Crippen molar-refractivity contribution < 1.29 is 9.53 Å². The average molecular weight is 208 g/mol. The van der Waals surface area contributed by atoms with E-state index >= 15 is 0 Å².